The summed E-state index contributed by atoms with van der Waals surface area (Å²) in [5.41, 5.74) is 9.15. The Bertz CT molecular complexity index is 367. The van der Waals surface area contributed by atoms with Crippen LogP contribution in [-0.4, -0.2) is 6.54 Å². The first-order chi connectivity index (χ1) is 7.69. The van der Waals surface area contributed by atoms with Gasteiger partial charge in [0.1, 0.15) is 0 Å². The van der Waals surface area contributed by atoms with Crippen molar-refractivity contribution in [3.63, 3.8) is 0 Å². The fraction of sp³-hybridized carbons (Fsp3) is 0.571. The summed E-state index contributed by atoms with van der Waals surface area (Å²) in [7, 11) is 0. The lowest BCUT2D eigenvalue weighted by Crippen LogP contribution is -2.37. The van der Waals surface area contributed by atoms with Crippen LogP contribution < -0.4 is 5.73 Å². The summed E-state index contributed by atoms with van der Waals surface area (Å²) in [4.78, 5) is 0. The third-order valence-electron chi connectivity index (χ3n) is 4.04. The molecule has 1 fully saturated rings. The third kappa shape index (κ3) is 2.05. The highest BCUT2D eigenvalue weighted by Crippen LogP contribution is 2.41. The van der Waals surface area contributed by atoms with Crippen LogP contribution in [0.3, 0.4) is 0 Å². The minimum Gasteiger partial charge on any atom is -0.330 e. The first-order valence-corrected chi connectivity index (χ1v) is 6.94. The molecule has 16 heavy (non-hydrogen) atoms. The van der Waals surface area contributed by atoms with Gasteiger partial charge in [0, 0.05) is 16.4 Å². The highest BCUT2D eigenvalue weighted by Gasteiger charge is 2.33. The van der Waals surface area contributed by atoms with Crippen molar-refractivity contribution in [3.8, 4) is 0 Å². The van der Waals surface area contributed by atoms with Gasteiger partial charge in [0.15, 0.2) is 0 Å². The fourth-order valence-electron chi connectivity index (χ4n) is 2.99. The molecule has 0 radical (unpaired) electrons. The molecular formula is C14H20BrN. The summed E-state index contributed by atoms with van der Waals surface area (Å²) in [6.07, 6.45) is 6.52. The predicted octanol–water partition coefficient (Wildman–Crippen LogP) is 3.92. The van der Waals surface area contributed by atoms with Crippen molar-refractivity contribution in [2.45, 2.75) is 44.4 Å². The van der Waals surface area contributed by atoms with Crippen LogP contribution in [0.25, 0.3) is 0 Å². The molecule has 1 aliphatic carbocycles. The van der Waals surface area contributed by atoms with Gasteiger partial charge in [-0.3, -0.25) is 0 Å². The number of hydrogen-bond acceptors (Lipinski definition) is 1. The fourth-order valence-corrected chi connectivity index (χ4v) is 3.36. The summed E-state index contributed by atoms with van der Waals surface area (Å²) in [5.74, 6) is 0. The van der Waals surface area contributed by atoms with Crippen LogP contribution in [0.4, 0.5) is 0 Å². The maximum absolute atomic E-state index is 6.07. The van der Waals surface area contributed by atoms with Gasteiger partial charge in [-0.15, -0.1) is 0 Å². The molecule has 0 atom stereocenters. The Kier molecular flexibility index (Phi) is 3.70. The summed E-state index contributed by atoms with van der Waals surface area (Å²) in [6.45, 7) is 2.98. The zero-order chi connectivity index (χ0) is 11.6. The third-order valence-corrected chi connectivity index (χ3v) is 4.90. The molecule has 0 bridgehead atoms. The van der Waals surface area contributed by atoms with Crippen LogP contribution in [0.2, 0.25) is 0 Å². The highest BCUT2D eigenvalue weighted by atomic mass is 79.9. The molecule has 1 aromatic rings. The smallest absolute Gasteiger partial charge is 0.0207 e. The van der Waals surface area contributed by atoms with Crippen LogP contribution in [-0.2, 0) is 5.41 Å². The topological polar surface area (TPSA) is 26.0 Å². The molecule has 1 aromatic carbocycles. The minimum absolute atomic E-state index is 0.242. The van der Waals surface area contributed by atoms with E-state index < -0.39 is 0 Å². The van der Waals surface area contributed by atoms with Crippen molar-refractivity contribution in [1.82, 2.24) is 0 Å². The number of halogens is 1. The first kappa shape index (κ1) is 12.1. The van der Waals surface area contributed by atoms with Crippen molar-refractivity contribution in [3.05, 3.63) is 33.8 Å². The average molecular weight is 282 g/mol. The van der Waals surface area contributed by atoms with Crippen LogP contribution >= 0.6 is 15.9 Å². The van der Waals surface area contributed by atoms with E-state index in [0.717, 1.165) is 6.54 Å². The van der Waals surface area contributed by atoms with E-state index in [2.05, 4.69) is 41.1 Å². The maximum atomic E-state index is 6.07. The molecule has 0 amide bonds. The molecule has 1 nitrogen and oxygen atoms in total. The first-order valence-electron chi connectivity index (χ1n) is 6.15. The maximum Gasteiger partial charge on any atom is 0.0207 e. The summed E-state index contributed by atoms with van der Waals surface area (Å²) in [5, 5.41) is 0. The van der Waals surface area contributed by atoms with Crippen molar-refractivity contribution < 1.29 is 0 Å². The molecule has 2 N–H and O–H groups in total. The quantitative estimate of drug-likeness (QED) is 0.874. The van der Waals surface area contributed by atoms with E-state index in [1.807, 2.05) is 0 Å². The summed E-state index contributed by atoms with van der Waals surface area (Å²) in [6, 6.07) is 6.52. The van der Waals surface area contributed by atoms with Gasteiger partial charge in [0.2, 0.25) is 0 Å². The lowest BCUT2D eigenvalue weighted by molar-refractivity contribution is 0.299. The molecule has 0 aliphatic heterocycles. The van der Waals surface area contributed by atoms with Crippen molar-refractivity contribution >= 4 is 15.9 Å². The van der Waals surface area contributed by atoms with E-state index in [1.165, 1.54) is 47.7 Å². The number of hydrogen-bond donors (Lipinski definition) is 1. The molecule has 1 saturated carbocycles. The van der Waals surface area contributed by atoms with Crippen LogP contribution in [0.5, 0.6) is 0 Å². The molecule has 0 spiro atoms. The van der Waals surface area contributed by atoms with Crippen molar-refractivity contribution in [2.24, 2.45) is 5.73 Å². The zero-order valence-electron chi connectivity index (χ0n) is 9.93. The number of benzene rings is 1. The van der Waals surface area contributed by atoms with E-state index in [9.17, 15) is 0 Å². The Hall–Kier alpha value is -0.340. The van der Waals surface area contributed by atoms with Gasteiger partial charge < -0.3 is 5.73 Å². The molecule has 2 rings (SSSR count). The van der Waals surface area contributed by atoms with Crippen LogP contribution in [0, 0.1) is 6.92 Å². The molecule has 1 aliphatic rings. The van der Waals surface area contributed by atoms with Gasteiger partial charge in [-0.2, -0.15) is 0 Å². The monoisotopic (exact) mass is 281 g/mol. The van der Waals surface area contributed by atoms with Crippen molar-refractivity contribution in [2.75, 3.05) is 6.54 Å². The second-order valence-corrected chi connectivity index (χ2v) is 5.81. The number of nitrogens with two attached hydrogens (primary N) is 1. The minimum atomic E-state index is 0.242. The van der Waals surface area contributed by atoms with Crippen LogP contribution in [0.15, 0.2) is 22.7 Å². The zero-order valence-corrected chi connectivity index (χ0v) is 11.5. The largest absolute Gasteiger partial charge is 0.330 e. The molecule has 0 aromatic heterocycles. The molecule has 0 unspecified atom stereocenters. The summed E-state index contributed by atoms with van der Waals surface area (Å²) < 4.78 is 1.21. The Labute approximate surface area is 107 Å². The normalized spacial score (nSPS) is 19.7. The molecule has 0 heterocycles. The number of rotatable bonds is 2. The van der Waals surface area contributed by atoms with E-state index in [4.69, 9.17) is 5.73 Å². The second-order valence-electron chi connectivity index (χ2n) is 4.96. The van der Waals surface area contributed by atoms with Gasteiger partial charge in [-0.1, -0.05) is 47.3 Å². The molecule has 2 heteroatoms. The van der Waals surface area contributed by atoms with Gasteiger partial charge in [-0.25, -0.2) is 0 Å². The Morgan fingerprint density at radius 1 is 1.25 bits per heavy atom. The lowest BCUT2D eigenvalue weighted by atomic mass is 9.68. The van der Waals surface area contributed by atoms with Gasteiger partial charge in [0.05, 0.1) is 0 Å². The molecule has 0 saturated heterocycles. The SMILES string of the molecule is Cc1c(Br)cccc1C1(CN)CCCCC1. The molecule has 88 valence electrons. The summed E-state index contributed by atoms with van der Waals surface area (Å²) >= 11 is 3.63. The highest BCUT2D eigenvalue weighted by molar-refractivity contribution is 9.10. The van der Waals surface area contributed by atoms with E-state index >= 15 is 0 Å². The lowest BCUT2D eigenvalue weighted by Gasteiger charge is -2.38. The Morgan fingerprint density at radius 3 is 2.56 bits per heavy atom. The molecular weight excluding hydrogens is 262 g/mol. The van der Waals surface area contributed by atoms with Gasteiger partial charge >= 0.3 is 0 Å². The average Bonchev–Trinajstić information content (AvgIpc) is 2.33. The Morgan fingerprint density at radius 2 is 1.94 bits per heavy atom. The standard InChI is InChI=1S/C14H20BrN/c1-11-12(6-5-7-13(11)15)14(10-16)8-3-2-4-9-14/h5-7H,2-4,8-10,16H2,1H3. The van der Waals surface area contributed by atoms with Crippen molar-refractivity contribution in [1.29, 1.82) is 0 Å². The predicted molar refractivity (Wildman–Crippen MR) is 72.7 cm³/mol. The second kappa shape index (κ2) is 4.89. The van der Waals surface area contributed by atoms with Gasteiger partial charge in [-0.05, 0) is 37.0 Å². The van der Waals surface area contributed by atoms with Gasteiger partial charge in [0.25, 0.3) is 0 Å². The van der Waals surface area contributed by atoms with Crippen LogP contribution in [0.1, 0.15) is 43.2 Å². The Balaban J connectivity index is 2.43. The van der Waals surface area contributed by atoms with E-state index in [1.54, 1.807) is 0 Å². The van der Waals surface area contributed by atoms with E-state index in [-0.39, 0.29) is 5.41 Å². The van der Waals surface area contributed by atoms with E-state index in [0.29, 0.717) is 0 Å².